The molecule has 1 atom stereocenters. The van der Waals surface area contributed by atoms with Crippen LogP contribution in [-0.4, -0.2) is 14.5 Å². The van der Waals surface area contributed by atoms with E-state index >= 15 is 0 Å². The van der Waals surface area contributed by atoms with Crippen molar-refractivity contribution in [3.05, 3.63) is 52.8 Å². The van der Waals surface area contributed by atoms with Crippen molar-refractivity contribution in [1.82, 2.24) is 19.9 Å². The first-order valence-corrected chi connectivity index (χ1v) is 7.16. The van der Waals surface area contributed by atoms with E-state index in [1.54, 1.807) is 0 Å². The van der Waals surface area contributed by atoms with Crippen LogP contribution in [0.15, 0.2) is 28.9 Å². The summed E-state index contributed by atoms with van der Waals surface area (Å²) in [7, 11) is 0. The molecule has 0 amide bonds. The molecule has 0 bridgehead atoms. The molecular weight excluding hydrogens is 264 g/mol. The maximum atomic E-state index is 5.24. The third-order valence-electron chi connectivity index (χ3n) is 3.93. The van der Waals surface area contributed by atoms with Gasteiger partial charge in [0.25, 0.3) is 0 Å². The average molecular weight is 284 g/mol. The van der Waals surface area contributed by atoms with Crippen molar-refractivity contribution < 1.29 is 4.52 Å². The number of aryl methyl sites for hydroxylation is 3. The Kier molecular flexibility index (Phi) is 3.51. The third-order valence-corrected chi connectivity index (χ3v) is 3.93. The molecule has 0 saturated carbocycles. The van der Waals surface area contributed by atoms with Crippen LogP contribution in [0.4, 0.5) is 0 Å². The lowest BCUT2D eigenvalue weighted by Gasteiger charge is -2.14. The molecule has 0 aliphatic heterocycles. The van der Waals surface area contributed by atoms with Crippen LogP contribution in [-0.2, 0) is 6.54 Å². The fourth-order valence-corrected chi connectivity index (χ4v) is 2.84. The Balaban J connectivity index is 1.82. The normalized spacial score (nSPS) is 13.0. The van der Waals surface area contributed by atoms with Crippen LogP contribution >= 0.6 is 0 Å². The standard InChI is InChI=1S/C16H20N4O/c1-10-14(20-8-6-5-7-15(20)18-10)9-17-11(2)16-12(3)19-21-13(16)4/h5-8,11,17H,9H2,1-4H3. The van der Waals surface area contributed by atoms with E-state index in [0.717, 1.165) is 34.9 Å². The number of hydrogen-bond donors (Lipinski definition) is 1. The zero-order valence-electron chi connectivity index (χ0n) is 12.8. The van der Waals surface area contributed by atoms with E-state index < -0.39 is 0 Å². The SMILES string of the molecule is Cc1noc(C)c1C(C)NCc1c(C)nc2ccccn12. The molecule has 5 heteroatoms. The van der Waals surface area contributed by atoms with Gasteiger partial charge in [0.2, 0.25) is 0 Å². The first-order valence-electron chi connectivity index (χ1n) is 7.16. The molecule has 0 spiro atoms. The second kappa shape index (κ2) is 5.33. The van der Waals surface area contributed by atoms with Gasteiger partial charge in [-0.15, -0.1) is 0 Å². The van der Waals surface area contributed by atoms with E-state index in [9.17, 15) is 0 Å². The van der Waals surface area contributed by atoms with Crippen molar-refractivity contribution in [2.45, 2.75) is 40.3 Å². The molecule has 110 valence electrons. The number of rotatable bonds is 4. The number of nitrogens with zero attached hydrogens (tertiary/aromatic N) is 3. The highest BCUT2D eigenvalue weighted by Crippen LogP contribution is 2.21. The van der Waals surface area contributed by atoms with Crippen LogP contribution in [0.2, 0.25) is 0 Å². The number of hydrogen-bond acceptors (Lipinski definition) is 4. The van der Waals surface area contributed by atoms with E-state index in [-0.39, 0.29) is 6.04 Å². The van der Waals surface area contributed by atoms with Crippen LogP contribution in [0.5, 0.6) is 0 Å². The molecule has 3 aromatic heterocycles. The Labute approximate surface area is 124 Å². The highest BCUT2D eigenvalue weighted by atomic mass is 16.5. The van der Waals surface area contributed by atoms with Crippen LogP contribution in [0, 0.1) is 20.8 Å². The fourth-order valence-electron chi connectivity index (χ4n) is 2.84. The largest absolute Gasteiger partial charge is 0.361 e. The quantitative estimate of drug-likeness (QED) is 0.800. The molecule has 0 aromatic carbocycles. The molecule has 0 radical (unpaired) electrons. The Bertz CT molecular complexity index is 752. The summed E-state index contributed by atoms with van der Waals surface area (Å²) in [6, 6.07) is 6.24. The van der Waals surface area contributed by atoms with Crippen molar-refractivity contribution >= 4 is 5.65 Å². The number of pyridine rings is 1. The average Bonchev–Trinajstić information content (AvgIpc) is 2.96. The summed E-state index contributed by atoms with van der Waals surface area (Å²) in [6.07, 6.45) is 2.05. The van der Waals surface area contributed by atoms with Gasteiger partial charge in [-0.2, -0.15) is 0 Å². The highest BCUT2D eigenvalue weighted by Gasteiger charge is 2.17. The topological polar surface area (TPSA) is 55.4 Å². The highest BCUT2D eigenvalue weighted by molar-refractivity contribution is 5.42. The minimum absolute atomic E-state index is 0.185. The first kappa shape index (κ1) is 13.8. The third kappa shape index (κ3) is 2.45. The molecule has 1 N–H and O–H groups in total. The van der Waals surface area contributed by atoms with Crippen LogP contribution in [0.25, 0.3) is 5.65 Å². The smallest absolute Gasteiger partial charge is 0.138 e. The van der Waals surface area contributed by atoms with E-state index in [1.165, 1.54) is 5.69 Å². The van der Waals surface area contributed by atoms with Gasteiger partial charge in [-0.05, 0) is 39.8 Å². The zero-order valence-corrected chi connectivity index (χ0v) is 12.8. The number of fused-ring (bicyclic) bond motifs is 1. The summed E-state index contributed by atoms with van der Waals surface area (Å²) in [4.78, 5) is 4.58. The van der Waals surface area contributed by atoms with Gasteiger partial charge in [-0.3, -0.25) is 0 Å². The summed E-state index contributed by atoms with van der Waals surface area (Å²) < 4.78 is 7.37. The monoisotopic (exact) mass is 284 g/mol. The lowest BCUT2D eigenvalue weighted by molar-refractivity contribution is 0.390. The predicted octanol–water partition coefficient (Wildman–Crippen LogP) is 3.10. The van der Waals surface area contributed by atoms with Gasteiger partial charge in [-0.1, -0.05) is 11.2 Å². The minimum Gasteiger partial charge on any atom is -0.361 e. The van der Waals surface area contributed by atoms with Crippen molar-refractivity contribution in [3.63, 3.8) is 0 Å². The zero-order chi connectivity index (χ0) is 15.0. The van der Waals surface area contributed by atoms with Crippen LogP contribution in [0.3, 0.4) is 0 Å². The molecule has 3 aromatic rings. The maximum absolute atomic E-state index is 5.24. The molecule has 0 saturated heterocycles. The van der Waals surface area contributed by atoms with Gasteiger partial charge in [-0.25, -0.2) is 4.98 Å². The van der Waals surface area contributed by atoms with Gasteiger partial charge in [0.1, 0.15) is 11.4 Å². The molecule has 0 aliphatic rings. The van der Waals surface area contributed by atoms with E-state index in [4.69, 9.17) is 4.52 Å². The number of imidazole rings is 1. The summed E-state index contributed by atoms with van der Waals surface area (Å²) >= 11 is 0. The number of aromatic nitrogens is 3. The van der Waals surface area contributed by atoms with Gasteiger partial charge in [0.05, 0.1) is 17.1 Å². The van der Waals surface area contributed by atoms with Crippen molar-refractivity contribution in [2.75, 3.05) is 0 Å². The first-order chi connectivity index (χ1) is 10.1. The van der Waals surface area contributed by atoms with Crippen molar-refractivity contribution in [2.24, 2.45) is 0 Å². The molecule has 3 rings (SSSR count). The van der Waals surface area contributed by atoms with Crippen molar-refractivity contribution in [3.8, 4) is 0 Å². The molecule has 21 heavy (non-hydrogen) atoms. The maximum Gasteiger partial charge on any atom is 0.138 e. The summed E-state index contributed by atoms with van der Waals surface area (Å²) in [5.74, 6) is 0.877. The van der Waals surface area contributed by atoms with Crippen LogP contribution < -0.4 is 5.32 Å². The summed E-state index contributed by atoms with van der Waals surface area (Å²) in [5, 5.41) is 7.56. The van der Waals surface area contributed by atoms with Crippen molar-refractivity contribution in [1.29, 1.82) is 0 Å². The molecule has 0 aliphatic carbocycles. The Morgan fingerprint density at radius 2 is 2.05 bits per heavy atom. The molecule has 5 nitrogen and oxygen atoms in total. The van der Waals surface area contributed by atoms with E-state index in [1.807, 2.05) is 45.2 Å². The molecular formula is C16H20N4O. The van der Waals surface area contributed by atoms with E-state index in [0.29, 0.717) is 0 Å². The Morgan fingerprint density at radius 1 is 1.24 bits per heavy atom. The second-order valence-corrected chi connectivity index (χ2v) is 5.41. The Morgan fingerprint density at radius 3 is 2.76 bits per heavy atom. The summed E-state index contributed by atoms with van der Waals surface area (Å²) in [5.41, 5.74) is 5.31. The molecule has 1 unspecified atom stereocenters. The number of nitrogens with one attached hydrogen (secondary N) is 1. The summed E-state index contributed by atoms with van der Waals surface area (Å²) in [6.45, 7) is 8.86. The minimum atomic E-state index is 0.185. The molecule has 0 fully saturated rings. The van der Waals surface area contributed by atoms with Gasteiger partial charge in [0, 0.05) is 24.3 Å². The van der Waals surface area contributed by atoms with Gasteiger partial charge < -0.3 is 14.2 Å². The fraction of sp³-hybridized carbons (Fsp3) is 0.375. The van der Waals surface area contributed by atoms with E-state index in [2.05, 4.69) is 26.8 Å². The van der Waals surface area contributed by atoms with Crippen LogP contribution in [0.1, 0.15) is 41.4 Å². The van der Waals surface area contributed by atoms with Gasteiger partial charge >= 0.3 is 0 Å². The predicted molar refractivity (Wildman–Crippen MR) is 81.2 cm³/mol. The lowest BCUT2D eigenvalue weighted by Crippen LogP contribution is -2.20. The lowest BCUT2D eigenvalue weighted by atomic mass is 10.1. The Hall–Kier alpha value is -2.14. The molecule has 3 heterocycles. The van der Waals surface area contributed by atoms with Gasteiger partial charge in [0.15, 0.2) is 0 Å². The second-order valence-electron chi connectivity index (χ2n) is 5.41.